The summed E-state index contributed by atoms with van der Waals surface area (Å²) >= 11 is 0. The predicted molar refractivity (Wildman–Crippen MR) is 116 cm³/mol. The van der Waals surface area contributed by atoms with Crippen LogP contribution in [0.25, 0.3) is 11.0 Å². The van der Waals surface area contributed by atoms with Crippen molar-refractivity contribution in [3.63, 3.8) is 0 Å². The molecule has 4 aromatic rings. The van der Waals surface area contributed by atoms with E-state index in [9.17, 15) is 5.21 Å². The molecule has 4 rings (SSSR count). The first kappa shape index (κ1) is 19.0. The zero-order valence-corrected chi connectivity index (χ0v) is 16.8. The molecule has 2 heterocycles. The van der Waals surface area contributed by atoms with E-state index in [0.717, 1.165) is 12.1 Å². The number of imidazole rings is 1. The number of nitrogen functional groups attached to an aromatic ring is 1. The van der Waals surface area contributed by atoms with Crippen molar-refractivity contribution in [3.05, 3.63) is 89.4 Å². The molecule has 5 nitrogen and oxygen atoms in total. The van der Waals surface area contributed by atoms with Crippen LogP contribution in [0.3, 0.4) is 0 Å². The predicted octanol–water partition coefficient (Wildman–Crippen LogP) is 4.94. The SMILES string of the molecule is CC(Cc1cc2c(nc(CC(C)c3ccccc3)n2O)c(N)n1)c1ccccc1. The highest BCUT2D eigenvalue weighted by Crippen LogP contribution is 2.27. The van der Waals surface area contributed by atoms with Crippen LogP contribution in [0.5, 0.6) is 0 Å². The highest BCUT2D eigenvalue weighted by molar-refractivity contribution is 5.85. The lowest BCUT2D eigenvalue weighted by atomic mass is 9.96. The number of pyridine rings is 1. The third-order valence-corrected chi connectivity index (χ3v) is 5.51. The van der Waals surface area contributed by atoms with E-state index >= 15 is 0 Å². The molecule has 0 radical (unpaired) electrons. The number of fused-ring (bicyclic) bond motifs is 1. The van der Waals surface area contributed by atoms with Gasteiger partial charge in [0.25, 0.3) is 0 Å². The fourth-order valence-corrected chi connectivity index (χ4v) is 3.81. The number of anilines is 1. The summed E-state index contributed by atoms with van der Waals surface area (Å²) in [6.07, 6.45) is 1.36. The van der Waals surface area contributed by atoms with Crippen LogP contribution in [0.15, 0.2) is 66.7 Å². The Labute approximate surface area is 170 Å². The summed E-state index contributed by atoms with van der Waals surface area (Å²) in [5.74, 6) is 1.48. The maximum atomic E-state index is 10.8. The largest absolute Gasteiger partial charge is 0.427 e. The lowest BCUT2D eigenvalue weighted by Crippen LogP contribution is -2.06. The van der Waals surface area contributed by atoms with Gasteiger partial charge < -0.3 is 10.9 Å². The van der Waals surface area contributed by atoms with Crippen LogP contribution in [-0.4, -0.2) is 19.9 Å². The quantitative estimate of drug-likeness (QED) is 0.460. The summed E-state index contributed by atoms with van der Waals surface area (Å²) in [5, 5.41) is 10.8. The van der Waals surface area contributed by atoms with E-state index in [1.165, 1.54) is 15.9 Å². The second-order valence-corrected chi connectivity index (χ2v) is 7.74. The monoisotopic (exact) mass is 386 g/mol. The van der Waals surface area contributed by atoms with Gasteiger partial charge in [-0.2, -0.15) is 4.73 Å². The summed E-state index contributed by atoms with van der Waals surface area (Å²) in [6, 6.07) is 22.5. The van der Waals surface area contributed by atoms with Crippen LogP contribution in [0.4, 0.5) is 5.82 Å². The number of aromatic nitrogens is 3. The Morgan fingerprint density at radius 2 is 1.41 bits per heavy atom. The molecule has 2 aromatic heterocycles. The fourth-order valence-electron chi connectivity index (χ4n) is 3.81. The van der Waals surface area contributed by atoms with Crippen LogP contribution in [0, 0.1) is 0 Å². The second kappa shape index (κ2) is 7.95. The molecule has 0 saturated carbocycles. The average molecular weight is 386 g/mol. The van der Waals surface area contributed by atoms with Crippen LogP contribution < -0.4 is 5.73 Å². The summed E-state index contributed by atoms with van der Waals surface area (Å²) < 4.78 is 1.17. The molecule has 0 aliphatic carbocycles. The molecule has 29 heavy (non-hydrogen) atoms. The van der Waals surface area contributed by atoms with E-state index in [4.69, 9.17) is 5.73 Å². The Balaban J connectivity index is 1.61. The van der Waals surface area contributed by atoms with Crippen molar-refractivity contribution in [1.29, 1.82) is 0 Å². The first-order valence-electron chi connectivity index (χ1n) is 9.98. The molecule has 0 aliphatic rings. The topological polar surface area (TPSA) is 77.0 Å². The molecular weight excluding hydrogens is 360 g/mol. The summed E-state index contributed by atoms with van der Waals surface area (Å²) in [4.78, 5) is 9.13. The Bertz CT molecular complexity index is 1110. The van der Waals surface area contributed by atoms with Gasteiger partial charge >= 0.3 is 0 Å². The van der Waals surface area contributed by atoms with Crippen molar-refractivity contribution < 1.29 is 5.21 Å². The van der Waals surface area contributed by atoms with E-state index < -0.39 is 0 Å². The zero-order valence-electron chi connectivity index (χ0n) is 16.8. The Kier molecular flexibility index (Phi) is 5.21. The molecule has 2 aromatic carbocycles. The van der Waals surface area contributed by atoms with Crippen molar-refractivity contribution in [1.82, 2.24) is 14.7 Å². The molecule has 0 bridgehead atoms. The maximum absolute atomic E-state index is 10.8. The minimum Gasteiger partial charge on any atom is -0.427 e. The van der Waals surface area contributed by atoms with Gasteiger partial charge in [0.05, 0.1) is 0 Å². The molecule has 0 amide bonds. The smallest absolute Gasteiger partial charge is 0.152 e. The zero-order chi connectivity index (χ0) is 20.4. The first-order valence-corrected chi connectivity index (χ1v) is 9.98. The Morgan fingerprint density at radius 3 is 2.00 bits per heavy atom. The fraction of sp³-hybridized carbons (Fsp3) is 0.250. The van der Waals surface area contributed by atoms with Gasteiger partial charge in [-0.1, -0.05) is 74.5 Å². The van der Waals surface area contributed by atoms with E-state index in [2.05, 4.69) is 48.1 Å². The van der Waals surface area contributed by atoms with Gasteiger partial charge in [-0.25, -0.2) is 9.97 Å². The second-order valence-electron chi connectivity index (χ2n) is 7.74. The number of nitrogens with two attached hydrogens (primary N) is 1. The summed E-state index contributed by atoms with van der Waals surface area (Å²) in [6.45, 7) is 4.30. The van der Waals surface area contributed by atoms with Gasteiger partial charge in [-0.15, -0.1) is 0 Å². The van der Waals surface area contributed by atoms with Gasteiger partial charge in [0.15, 0.2) is 5.82 Å². The normalized spacial score (nSPS) is 13.4. The third-order valence-electron chi connectivity index (χ3n) is 5.51. The maximum Gasteiger partial charge on any atom is 0.152 e. The minimum absolute atomic E-state index is 0.227. The van der Waals surface area contributed by atoms with Crippen LogP contribution in [0.2, 0.25) is 0 Å². The Morgan fingerprint density at radius 1 is 0.862 bits per heavy atom. The molecule has 0 aliphatic heterocycles. The minimum atomic E-state index is 0.227. The van der Waals surface area contributed by atoms with Crippen molar-refractivity contribution in [3.8, 4) is 0 Å². The molecule has 2 atom stereocenters. The molecule has 148 valence electrons. The van der Waals surface area contributed by atoms with Gasteiger partial charge in [0, 0.05) is 12.1 Å². The highest BCUT2D eigenvalue weighted by Gasteiger charge is 2.18. The standard InChI is InChI=1S/C24H26N4O/c1-16(18-9-5-3-6-10-18)13-20-15-21-23(24(25)26-20)27-22(28(21)29)14-17(2)19-11-7-4-8-12-19/h3-12,15-17,29H,13-14H2,1-2H3,(H2,25,26). The number of rotatable bonds is 6. The van der Waals surface area contributed by atoms with Crippen molar-refractivity contribution in [2.24, 2.45) is 0 Å². The first-order chi connectivity index (χ1) is 14.0. The molecule has 2 unspecified atom stereocenters. The van der Waals surface area contributed by atoms with Gasteiger partial charge in [-0.3, -0.25) is 0 Å². The number of benzene rings is 2. The van der Waals surface area contributed by atoms with Crippen molar-refractivity contribution in [2.75, 3.05) is 5.73 Å². The van der Waals surface area contributed by atoms with Crippen molar-refractivity contribution in [2.45, 2.75) is 38.5 Å². The third kappa shape index (κ3) is 3.94. The van der Waals surface area contributed by atoms with Crippen molar-refractivity contribution >= 4 is 16.9 Å². The molecule has 0 spiro atoms. The molecule has 5 heteroatoms. The van der Waals surface area contributed by atoms with Crippen LogP contribution >= 0.6 is 0 Å². The average Bonchev–Trinajstić information content (AvgIpc) is 3.05. The lowest BCUT2D eigenvalue weighted by molar-refractivity contribution is 0.186. The van der Waals surface area contributed by atoms with E-state index in [0.29, 0.717) is 35.0 Å². The Hall–Kier alpha value is -3.34. The lowest BCUT2D eigenvalue weighted by Gasteiger charge is -2.12. The summed E-state index contributed by atoms with van der Waals surface area (Å²) in [5.41, 5.74) is 10.7. The number of hydrogen-bond acceptors (Lipinski definition) is 4. The molecular formula is C24H26N4O. The van der Waals surface area contributed by atoms with E-state index in [1.807, 2.05) is 42.5 Å². The molecule has 0 fully saturated rings. The van der Waals surface area contributed by atoms with Crippen LogP contribution in [-0.2, 0) is 12.8 Å². The number of hydrogen-bond donors (Lipinski definition) is 2. The number of nitrogens with zero attached hydrogens (tertiary/aromatic N) is 3. The van der Waals surface area contributed by atoms with Gasteiger partial charge in [0.1, 0.15) is 16.9 Å². The molecule has 0 saturated heterocycles. The van der Waals surface area contributed by atoms with Gasteiger partial charge in [0.2, 0.25) is 0 Å². The van der Waals surface area contributed by atoms with Gasteiger partial charge in [-0.05, 0) is 35.4 Å². The van der Waals surface area contributed by atoms with E-state index in [-0.39, 0.29) is 5.92 Å². The summed E-state index contributed by atoms with van der Waals surface area (Å²) in [7, 11) is 0. The highest BCUT2D eigenvalue weighted by atomic mass is 16.5. The van der Waals surface area contributed by atoms with E-state index in [1.54, 1.807) is 0 Å². The van der Waals surface area contributed by atoms with Crippen LogP contribution in [0.1, 0.15) is 48.3 Å². The molecule has 3 N–H and O–H groups in total.